The maximum Gasteiger partial charge on any atom is 0.222 e. The van der Waals surface area contributed by atoms with E-state index in [1.807, 2.05) is 18.4 Å². The van der Waals surface area contributed by atoms with E-state index in [9.17, 15) is 0 Å². The zero-order valence-corrected chi connectivity index (χ0v) is 12.9. The summed E-state index contributed by atoms with van der Waals surface area (Å²) in [7, 11) is 0. The number of nitrogens with zero attached hydrogens (tertiary/aromatic N) is 3. The maximum absolute atomic E-state index is 5.80. The van der Waals surface area contributed by atoms with Crippen LogP contribution in [-0.4, -0.2) is 40.0 Å². The molecule has 0 radical (unpaired) electrons. The molecule has 0 bridgehead atoms. The zero-order valence-electron chi connectivity index (χ0n) is 12.1. The Bertz CT molecular complexity index is 365. The van der Waals surface area contributed by atoms with Gasteiger partial charge in [-0.05, 0) is 27.7 Å². The summed E-state index contributed by atoms with van der Waals surface area (Å²) < 4.78 is 12.9. The highest BCUT2D eigenvalue weighted by Gasteiger charge is 2.14. The maximum atomic E-state index is 5.80. The summed E-state index contributed by atoms with van der Waals surface area (Å²) in [6.45, 7) is 9.37. The van der Waals surface area contributed by atoms with Crippen molar-refractivity contribution < 1.29 is 9.47 Å². The lowest BCUT2D eigenvalue weighted by molar-refractivity contribution is -0.136. The lowest BCUT2D eigenvalue weighted by Crippen LogP contribution is -2.18. The molecule has 2 N–H and O–H groups in total. The zero-order chi connectivity index (χ0) is 14.3. The number of thioether (sulfide) groups is 1. The van der Waals surface area contributed by atoms with Gasteiger partial charge in [-0.2, -0.15) is 0 Å². The molecule has 0 aromatic carbocycles. The molecule has 0 spiro atoms. The Morgan fingerprint density at radius 1 is 1.21 bits per heavy atom. The van der Waals surface area contributed by atoms with Gasteiger partial charge in [-0.1, -0.05) is 11.8 Å². The molecule has 0 aliphatic rings. The fourth-order valence-corrected chi connectivity index (χ4v) is 2.74. The van der Waals surface area contributed by atoms with Crippen LogP contribution in [0, 0.1) is 0 Å². The van der Waals surface area contributed by atoms with Gasteiger partial charge in [0.05, 0.1) is 0 Å². The van der Waals surface area contributed by atoms with E-state index in [-0.39, 0.29) is 12.3 Å². The quantitative estimate of drug-likeness (QED) is 0.555. The van der Waals surface area contributed by atoms with Crippen LogP contribution in [0.3, 0.4) is 0 Å². The molecule has 0 aliphatic heterocycles. The van der Waals surface area contributed by atoms with E-state index in [2.05, 4.69) is 24.0 Å². The molecule has 1 aromatic heterocycles. The average Bonchev–Trinajstić information content (AvgIpc) is 2.71. The van der Waals surface area contributed by atoms with E-state index >= 15 is 0 Å². The number of ether oxygens (including phenoxy) is 2. The normalized spacial score (nSPS) is 11.7. The molecule has 19 heavy (non-hydrogen) atoms. The smallest absolute Gasteiger partial charge is 0.222 e. The molecule has 0 saturated carbocycles. The number of hydrogen-bond acceptors (Lipinski definition) is 6. The Balaban J connectivity index is 2.48. The summed E-state index contributed by atoms with van der Waals surface area (Å²) in [6.07, 6.45) is 0.673. The van der Waals surface area contributed by atoms with E-state index in [1.165, 1.54) is 0 Å². The van der Waals surface area contributed by atoms with Crippen LogP contribution >= 0.6 is 11.8 Å². The average molecular weight is 288 g/mol. The Labute approximate surface area is 119 Å². The molecular weight excluding hydrogens is 264 g/mol. The molecule has 0 amide bonds. The summed E-state index contributed by atoms with van der Waals surface area (Å²) in [5.41, 5.74) is 5.80. The van der Waals surface area contributed by atoms with Crippen molar-refractivity contribution >= 4 is 17.7 Å². The second-order valence-electron chi connectivity index (χ2n) is 4.28. The van der Waals surface area contributed by atoms with Gasteiger partial charge in [-0.25, -0.2) is 0 Å². The standard InChI is InChI=1S/C12H24N4O2S/c1-5-17-10(18-6-2)7-8-19-12-15-14-11(13)16(12)9(3)4/h9-10H,5-8H2,1-4H3,(H2,13,14). The first kappa shape index (κ1) is 16.3. The van der Waals surface area contributed by atoms with Gasteiger partial charge < -0.3 is 15.2 Å². The van der Waals surface area contributed by atoms with Crippen molar-refractivity contribution in [3.8, 4) is 0 Å². The number of nitrogens with two attached hydrogens (primary N) is 1. The number of nitrogen functional groups attached to an aromatic ring is 1. The lowest BCUT2D eigenvalue weighted by Gasteiger charge is -2.16. The Morgan fingerprint density at radius 3 is 2.37 bits per heavy atom. The molecule has 0 saturated heterocycles. The van der Waals surface area contributed by atoms with Crippen molar-refractivity contribution in [3.05, 3.63) is 0 Å². The first-order chi connectivity index (χ1) is 9.10. The summed E-state index contributed by atoms with van der Waals surface area (Å²) in [5.74, 6) is 1.32. The molecule has 0 aliphatic carbocycles. The molecule has 7 heteroatoms. The van der Waals surface area contributed by atoms with E-state index in [0.717, 1.165) is 17.3 Å². The fourth-order valence-electron chi connectivity index (χ4n) is 1.71. The molecular formula is C12H24N4O2S. The Hall–Kier alpha value is -0.790. The van der Waals surface area contributed by atoms with Crippen LogP contribution in [0.1, 0.15) is 40.2 Å². The molecule has 1 rings (SSSR count). The minimum Gasteiger partial charge on any atom is -0.368 e. The molecule has 0 fully saturated rings. The highest BCUT2D eigenvalue weighted by atomic mass is 32.2. The lowest BCUT2D eigenvalue weighted by atomic mass is 10.4. The predicted molar refractivity (Wildman–Crippen MR) is 77.2 cm³/mol. The van der Waals surface area contributed by atoms with E-state index < -0.39 is 0 Å². The first-order valence-electron chi connectivity index (χ1n) is 6.66. The highest BCUT2D eigenvalue weighted by molar-refractivity contribution is 7.99. The minimum atomic E-state index is -0.143. The molecule has 0 atom stereocenters. The van der Waals surface area contributed by atoms with Gasteiger partial charge in [0.25, 0.3) is 0 Å². The second kappa shape index (κ2) is 8.39. The van der Waals surface area contributed by atoms with Gasteiger partial charge in [-0.3, -0.25) is 4.57 Å². The topological polar surface area (TPSA) is 75.2 Å². The van der Waals surface area contributed by atoms with Crippen LogP contribution in [0.5, 0.6) is 0 Å². The van der Waals surface area contributed by atoms with Gasteiger partial charge in [0.2, 0.25) is 5.95 Å². The van der Waals surface area contributed by atoms with E-state index in [1.54, 1.807) is 11.8 Å². The summed E-state index contributed by atoms with van der Waals surface area (Å²) in [4.78, 5) is 0. The van der Waals surface area contributed by atoms with Crippen molar-refractivity contribution in [1.82, 2.24) is 14.8 Å². The molecule has 1 aromatic rings. The highest BCUT2D eigenvalue weighted by Crippen LogP contribution is 2.23. The molecule has 0 unspecified atom stereocenters. The van der Waals surface area contributed by atoms with Crippen LogP contribution in [0.15, 0.2) is 5.16 Å². The fraction of sp³-hybridized carbons (Fsp3) is 0.833. The predicted octanol–water partition coefficient (Wildman–Crippen LogP) is 2.32. The summed E-state index contributed by atoms with van der Waals surface area (Å²) in [5, 5.41) is 8.86. The first-order valence-corrected chi connectivity index (χ1v) is 7.65. The largest absolute Gasteiger partial charge is 0.368 e. The van der Waals surface area contributed by atoms with Crippen molar-refractivity contribution in [1.29, 1.82) is 0 Å². The number of aromatic nitrogens is 3. The second-order valence-corrected chi connectivity index (χ2v) is 5.34. The van der Waals surface area contributed by atoms with Gasteiger partial charge in [0.15, 0.2) is 11.4 Å². The van der Waals surface area contributed by atoms with Crippen LogP contribution in [-0.2, 0) is 9.47 Å². The number of rotatable bonds is 9. The van der Waals surface area contributed by atoms with Crippen molar-refractivity contribution in [2.45, 2.75) is 51.6 Å². The van der Waals surface area contributed by atoms with E-state index in [4.69, 9.17) is 15.2 Å². The van der Waals surface area contributed by atoms with Crippen LogP contribution < -0.4 is 5.73 Å². The minimum absolute atomic E-state index is 0.143. The SMILES string of the molecule is CCOC(CCSc1nnc(N)n1C(C)C)OCC. The van der Waals surface area contributed by atoms with Gasteiger partial charge >= 0.3 is 0 Å². The van der Waals surface area contributed by atoms with Gasteiger partial charge in [0, 0.05) is 31.4 Å². The van der Waals surface area contributed by atoms with Gasteiger partial charge in [-0.15, -0.1) is 10.2 Å². The molecule has 110 valence electrons. The number of hydrogen-bond donors (Lipinski definition) is 1. The van der Waals surface area contributed by atoms with Crippen molar-refractivity contribution in [2.75, 3.05) is 24.7 Å². The third-order valence-corrected chi connectivity index (χ3v) is 3.47. The van der Waals surface area contributed by atoms with Crippen LogP contribution in [0.4, 0.5) is 5.95 Å². The van der Waals surface area contributed by atoms with Gasteiger partial charge in [0.1, 0.15) is 0 Å². The van der Waals surface area contributed by atoms with Crippen LogP contribution in [0.25, 0.3) is 0 Å². The molecule has 6 nitrogen and oxygen atoms in total. The van der Waals surface area contributed by atoms with Crippen molar-refractivity contribution in [3.63, 3.8) is 0 Å². The number of anilines is 1. The molecule has 1 heterocycles. The van der Waals surface area contributed by atoms with E-state index in [0.29, 0.717) is 19.2 Å². The van der Waals surface area contributed by atoms with Crippen molar-refractivity contribution in [2.24, 2.45) is 0 Å². The Morgan fingerprint density at radius 2 is 1.84 bits per heavy atom. The van der Waals surface area contributed by atoms with Crippen LogP contribution in [0.2, 0.25) is 0 Å². The summed E-state index contributed by atoms with van der Waals surface area (Å²) >= 11 is 1.63. The summed E-state index contributed by atoms with van der Waals surface area (Å²) in [6, 6.07) is 0.257. The monoisotopic (exact) mass is 288 g/mol. The third kappa shape index (κ3) is 5.00. The Kier molecular flexibility index (Phi) is 7.19. The third-order valence-electron chi connectivity index (χ3n) is 2.50.